The number of nitrogens with zero attached hydrogens (tertiary/aromatic N) is 2. The van der Waals surface area contributed by atoms with Gasteiger partial charge in [-0.3, -0.25) is 24.3 Å². The summed E-state index contributed by atoms with van der Waals surface area (Å²) in [7, 11) is 0. The number of hydrogen-bond donors (Lipinski definition) is 1. The number of anilines is 1. The fourth-order valence-electron chi connectivity index (χ4n) is 2.60. The van der Waals surface area contributed by atoms with E-state index < -0.39 is 0 Å². The number of benzene rings is 1. The number of hydrogen-bond acceptors (Lipinski definition) is 4. The molecule has 0 atom stereocenters. The molecular weight excluding hydrogens is 306 g/mol. The van der Waals surface area contributed by atoms with Crippen LogP contribution in [0.25, 0.3) is 0 Å². The van der Waals surface area contributed by atoms with Crippen molar-refractivity contribution in [2.75, 3.05) is 11.9 Å². The molecule has 2 aromatic rings. The standard InChI is InChI=1S/C18H17N3O3/c1-11(2)10-21-17(23)14-6-5-12(8-15(14)18(21)24)16(22)20-13-4-3-7-19-9-13/h3-9,11H,10H2,1-2H3,(H,20,22). The van der Waals surface area contributed by atoms with Crippen LogP contribution in [0.4, 0.5) is 5.69 Å². The van der Waals surface area contributed by atoms with Crippen LogP contribution in [0, 0.1) is 5.92 Å². The fourth-order valence-corrected chi connectivity index (χ4v) is 2.60. The molecule has 2 heterocycles. The summed E-state index contributed by atoms with van der Waals surface area (Å²) in [6, 6.07) is 7.99. The number of pyridine rings is 1. The molecule has 1 aromatic heterocycles. The van der Waals surface area contributed by atoms with E-state index in [0.29, 0.717) is 23.4 Å². The van der Waals surface area contributed by atoms with Crippen molar-refractivity contribution in [1.29, 1.82) is 0 Å². The van der Waals surface area contributed by atoms with Gasteiger partial charge in [0, 0.05) is 18.3 Å². The SMILES string of the molecule is CC(C)CN1C(=O)c2ccc(C(=O)Nc3cccnc3)cc2C1=O. The third kappa shape index (κ3) is 2.90. The minimum Gasteiger partial charge on any atom is -0.321 e. The summed E-state index contributed by atoms with van der Waals surface area (Å²) in [6.07, 6.45) is 3.14. The molecule has 0 saturated heterocycles. The smallest absolute Gasteiger partial charge is 0.261 e. The summed E-state index contributed by atoms with van der Waals surface area (Å²) in [5.74, 6) is -0.823. The Morgan fingerprint density at radius 3 is 2.58 bits per heavy atom. The molecule has 122 valence electrons. The van der Waals surface area contributed by atoms with Crippen LogP contribution in [-0.2, 0) is 0 Å². The largest absolute Gasteiger partial charge is 0.321 e. The number of carbonyl (C=O) groups excluding carboxylic acids is 3. The highest BCUT2D eigenvalue weighted by molar-refractivity contribution is 6.22. The number of carbonyl (C=O) groups is 3. The summed E-state index contributed by atoms with van der Waals surface area (Å²) < 4.78 is 0. The van der Waals surface area contributed by atoms with Crippen LogP contribution in [0.15, 0.2) is 42.7 Å². The zero-order valence-corrected chi connectivity index (χ0v) is 13.4. The maximum atomic E-state index is 12.4. The minimum atomic E-state index is -0.353. The molecule has 1 aromatic carbocycles. The van der Waals surface area contributed by atoms with Crippen LogP contribution >= 0.6 is 0 Å². The Morgan fingerprint density at radius 1 is 1.17 bits per heavy atom. The van der Waals surface area contributed by atoms with Crippen molar-refractivity contribution in [2.45, 2.75) is 13.8 Å². The van der Waals surface area contributed by atoms with E-state index in [-0.39, 0.29) is 29.2 Å². The summed E-state index contributed by atoms with van der Waals surface area (Å²) in [4.78, 5) is 42.2. The van der Waals surface area contributed by atoms with Gasteiger partial charge in [0.15, 0.2) is 0 Å². The number of fused-ring (bicyclic) bond motifs is 1. The Hall–Kier alpha value is -3.02. The van der Waals surface area contributed by atoms with Gasteiger partial charge in [0.1, 0.15) is 0 Å². The van der Waals surface area contributed by atoms with Crippen LogP contribution in [0.5, 0.6) is 0 Å². The summed E-state index contributed by atoms with van der Waals surface area (Å²) in [5.41, 5.74) is 1.51. The van der Waals surface area contributed by atoms with Crippen molar-refractivity contribution in [3.8, 4) is 0 Å². The first-order valence-corrected chi connectivity index (χ1v) is 7.69. The highest BCUT2D eigenvalue weighted by Gasteiger charge is 2.36. The first-order chi connectivity index (χ1) is 11.5. The lowest BCUT2D eigenvalue weighted by atomic mass is 10.1. The molecule has 6 nitrogen and oxygen atoms in total. The monoisotopic (exact) mass is 323 g/mol. The molecule has 0 saturated carbocycles. The number of aromatic nitrogens is 1. The van der Waals surface area contributed by atoms with Gasteiger partial charge in [-0.1, -0.05) is 13.8 Å². The molecular formula is C18H17N3O3. The van der Waals surface area contributed by atoms with Crippen LogP contribution in [-0.4, -0.2) is 34.2 Å². The molecule has 24 heavy (non-hydrogen) atoms. The van der Waals surface area contributed by atoms with Crippen molar-refractivity contribution >= 4 is 23.4 Å². The van der Waals surface area contributed by atoms with E-state index in [4.69, 9.17) is 0 Å². The van der Waals surface area contributed by atoms with Crippen molar-refractivity contribution in [1.82, 2.24) is 9.88 Å². The third-order valence-corrected chi connectivity index (χ3v) is 3.70. The Balaban J connectivity index is 1.85. The number of amides is 3. The molecule has 1 N–H and O–H groups in total. The lowest BCUT2D eigenvalue weighted by Crippen LogP contribution is -2.33. The van der Waals surface area contributed by atoms with E-state index in [1.54, 1.807) is 24.4 Å². The Labute approximate surface area is 139 Å². The van der Waals surface area contributed by atoms with E-state index >= 15 is 0 Å². The van der Waals surface area contributed by atoms with Gasteiger partial charge in [0.25, 0.3) is 17.7 Å². The normalized spacial score (nSPS) is 13.4. The second-order valence-corrected chi connectivity index (χ2v) is 6.07. The predicted molar refractivity (Wildman–Crippen MR) is 88.8 cm³/mol. The van der Waals surface area contributed by atoms with Crippen LogP contribution in [0.2, 0.25) is 0 Å². The van der Waals surface area contributed by atoms with Crippen LogP contribution in [0.3, 0.4) is 0 Å². The highest BCUT2D eigenvalue weighted by Crippen LogP contribution is 2.25. The second-order valence-electron chi connectivity index (χ2n) is 6.07. The minimum absolute atomic E-state index is 0.181. The molecule has 0 aliphatic carbocycles. The summed E-state index contributed by atoms with van der Waals surface area (Å²) >= 11 is 0. The Morgan fingerprint density at radius 2 is 1.92 bits per heavy atom. The number of imide groups is 1. The van der Waals surface area contributed by atoms with E-state index in [1.807, 2.05) is 13.8 Å². The zero-order valence-electron chi connectivity index (χ0n) is 13.4. The van der Waals surface area contributed by atoms with Crippen LogP contribution in [0.1, 0.15) is 44.9 Å². The van der Waals surface area contributed by atoms with Crippen LogP contribution < -0.4 is 5.32 Å². The first kappa shape index (κ1) is 15.9. The van der Waals surface area contributed by atoms with E-state index in [2.05, 4.69) is 10.3 Å². The average Bonchev–Trinajstić information content (AvgIpc) is 2.80. The first-order valence-electron chi connectivity index (χ1n) is 7.69. The number of nitrogens with one attached hydrogen (secondary N) is 1. The van der Waals surface area contributed by atoms with Crippen molar-refractivity contribution in [3.05, 3.63) is 59.4 Å². The molecule has 0 radical (unpaired) electrons. The Kier molecular flexibility index (Phi) is 4.12. The predicted octanol–water partition coefficient (Wildman–Crippen LogP) is 2.59. The molecule has 0 bridgehead atoms. The number of rotatable bonds is 4. The molecule has 0 spiro atoms. The Bertz CT molecular complexity index is 816. The maximum absolute atomic E-state index is 12.4. The molecule has 0 fully saturated rings. The zero-order chi connectivity index (χ0) is 17.3. The topological polar surface area (TPSA) is 79.4 Å². The van der Waals surface area contributed by atoms with Gasteiger partial charge in [0.05, 0.1) is 23.0 Å². The summed E-state index contributed by atoms with van der Waals surface area (Å²) in [5, 5.41) is 2.71. The quantitative estimate of drug-likeness (QED) is 0.877. The fraction of sp³-hybridized carbons (Fsp3) is 0.222. The molecule has 1 aliphatic rings. The van der Waals surface area contributed by atoms with Crippen molar-refractivity contribution in [2.24, 2.45) is 5.92 Å². The van der Waals surface area contributed by atoms with E-state index in [9.17, 15) is 14.4 Å². The van der Waals surface area contributed by atoms with Crippen molar-refractivity contribution in [3.63, 3.8) is 0 Å². The molecule has 3 rings (SSSR count). The average molecular weight is 323 g/mol. The molecule has 6 heteroatoms. The lowest BCUT2D eigenvalue weighted by Gasteiger charge is -2.15. The van der Waals surface area contributed by atoms with E-state index in [1.165, 1.54) is 23.2 Å². The van der Waals surface area contributed by atoms with Crippen molar-refractivity contribution < 1.29 is 14.4 Å². The van der Waals surface area contributed by atoms with Gasteiger partial charge in [0.2, 0.25) is 0 Å². The van der Waals surface area contributed by atoms with E-state index in [0.717, 1.165) is 0 Å². The molecule has 0 unspecified atom stereocenters. The van der Waals surface area contributed by atoms with Gasteiger partial charge in [-0.25, -0.2) is 0 Å². The third-order valence-electron chi connectivity index (χ3n) is 3.70. The van der Waals surface area contributed by atoms with Gasteiger partial charge in [-0.2, -0.15) is 0 Å². The summed E-state index contributed by atoms with van der Waals surface area (Å²) in [6.45, 7) is 4.25. The maximum Gasteiger partial charge on any atom is 0.261 e. The lowest BCUT2D eigenvalue weighted by molar-refractivity contribution is 0.0636. The molecule has 1 aliphatic heterocycles. The molecule has 3 amide bonds. The highest BCUT2D eigenvalue weighted by atomic mass is 16.2. The second kappa shape index (κ2) is 6.23. The van der Waals surface area contributed by atoms with Gasteiger partial charge >= 0.3 is 0 Å². The van der Waals surface area contributed by atoms with Gasteiger partial charge < -0.3 is 5.32 Å². The van der Waals surface area contributed by atoms with Gasteiger partial charge in [-0.15, -0.1) is 0 Å². The van der Waals surface area contributed by atoms with Gasteiger partial charge in [-0.05, 0) is 36.2 Å².